The highest BCUT2D eigenvalue weighted by atomic mass is 32.1. The Morgan fingerprint density at radius 2 is 2.17 bits per heavy atom. The van der Waals surface area contributed by atoms with Gasteiger partial charge in [-0.05, 0) is 42.0 Å². The van der Waals surface area contributed by atoms with Gasteiger partial charge in [-0.1, -0.05) is 12.1 Å². The minimum absolute atomic E-state index is 0.328. The quantitative estimate of drug-likeness (QED) is 0.694. The monoisotopic (exact) mass is 258 g/mol. The fourth-order valence-electron chi connectivity index (χ4n) is 1.84. The van der Waals surface area contributed by atoms with Crippen molar-refractivity contribution in [2.75, 3.05) is 0 Å². The maximum atomic E-state index is 10.2. The highest BCUT2D eigenvalue weighted by molar-refractivity contribution is 7.71. The largest absolute Gasteiger partial charge is 0.429 e. The van der Waals surface area contributed by atoms with Crippen LogP contribution in [0.15, 0.2) is 47.0 Å². The first-order valence-electron chi connectivity index (χ1n) is 5.46. The van der Waals surface area contributed by atoms with E-state index in [0.29, 0.717) is 16.1 Å². The van der Waals surface area contributed by atoms with E-state index < -0.39 is 6.10 Å². The van der Waals surface area contributed by atoms with Crippen molar-refractivity contribution >= 4 is 23.3 Å². The summed E-state index contributed by atoms with van der Waals surface area (Å²) in [7, 11) is 0. The van der Waals surface area contributed by atoms with E-state index in [-0.39, 0.29) is 0 Å². The Hall–Kier alpha value is -1.98. The van der Waals surface area contributed by atoms with Crippen molar-refractivity contribution in [1.29, 1.82) is 0 Å². The van der Waals surface area contributed by atoms with E-state index in [1.165, 1.54) is 0 Å². The third-order valence-corrected chi connectivity index (χ3v) is 2.91. The molecule has 2 aromatic heterocycles. The SMILES string of the molecule is OC(c1ccc2[nH]c(=S)oc2c1)c1ccccn1. The molecule has 1 aromatic carbocycles. The molecular weight excluding hydrogens is 248 g/mol. The molecule has 2 heterocycles. The molecular formula is C13H10N2O2S. The number of fused-ring (bicyclic) bond motifs is 1. The number of aromatic nitrogens is 2. The molecule has 0 radical (unpaired) electrons. The van der Waals surface area contributed by atoms with Gasteiger partial charge in [0.05, 0.1) is 11.2 Å². The van der Waals surface area contributed by atoms with Crippen LogP contribution in [0, 0.1) is 4.84 Å². The van der Waals surface area contributed by atoms with E-state index in [2.05, 4.69) is 9.97 Å². The van der Waals surface area contributed by atoms with Crippen molar-refractivity contribution in [3.63, 3.8) is 0 Å². The van der Waals surface area contributed by atoms with E-state index in [1.807, 2.05) is 24.3 Å². The number of H-pyrrole nitrogens is 1. The van der Waals surface area contributed by atoms with Crippen molar-refractivity contribution in [2.45, 2.75) is 6.10 Å². The van der Waals surface area contributed by atoms with Crippen LogP contribution in [0.5, 0.6) is 0 Å². The number of nitrogens with zero attached hydrogens (tertiary/aromatic N) is 1. The predicted molar refractivity (Wildman–Crippen MR) is 69.7 cm³/mol. The van der Waals surface area contributed by atoms with Crippen LogP contribution in [0.1, 0.15) is 17.4 Å². The number of aromatic amines is 1. The van der Waals surface area contributed by atoms with Crippen molar-refractivity contribution in [3.8, 4) is 0 Å². The maximum absolute atomic E-state index is 10.2. The van der Waals surface area contributed by atoms with Crippen LogP contribution < -0.4 is 0 Å². The smallest absolute Gasteiger partial charge is 0.266 e. The molecule has 1 unspecified atom stereocenters. The summed E-state index contributed by atoms with van der Waals surface area (Å²) in [6.07, 6.45) is 0.883. The Morgan fingerprint density at radius 1 is 1.28 bits per heavy atom. The van der Waals surface area contributed by atoms with Crippen LogP contribution >= 0.6 is 12.2 Å². The summed E-state index contributed by atoms with van der Waals surface area (Å²) in [4.78, 5) is 7.37. The Morgan fingerprint density at radius 3 is 2.94 bits per heavy atom. The number of benzene rings is 1. The molecule has 0 saturated carbocycles. The van der Waals surface area contributed by atoms with E-state index in [1.54, 1.807) is 18.3 Å². The molecule has 0 amide bonds. The first-order chi connectivity index (χ1) is 8.74. The van der Waals surface area contributed by atoms with Gasteiger partial charge in [0.2, 0.25) is 0 Å². The second-order valence-corrected chi connectivity index (χ2v) is 4.30. The third kappa shape index (κ3) is 1.94. The van der Waals surface area contributed by atoms with E-state index in [4.69, 9.17) is 16.6 Å². The lowest BCUT2D eigenvalue weighted by molar-refractivity contribution is 0.215. The molecule has 0 bridgehead atoms. The van der Waals surface area contributed by atoms with Gasteiger partial charge in [-0.15, -0.1) is 0 Å². The average Bonchev–Trinajstić information content (AvgIpc) is 2.78. The van der Waals surface area contributed by atoms with Crippen LogP contribution in [0.3, 0.4) is 0 Å². The molecule has 18 heavy (non-hydrogen) atoms. The molecule has 0 saturated heterocycles. The number of nitrogens with one attached hydrogen (secondary N) is 1. The zero-order chi connectivity index (χ0) is 12.5. The molecule has 90 valence electrons. The average molecular weight is 258 g/mol. The summed E-state index contributed by atoms with van der Waals surface area (Å²) in [6, 6.07) is 10.8. The highest BCUT2D eigenvalue weighted by Crippen LogP contribution is 2.23. The second-order valence-electron chi connectivity index (χ2n) is 3.93. The van der Waals surface area contributed by atoms with Crippen LogP contribution in [0.4, 0.5) is 0 Å². The normalized spacial score (nSPS) is 12.7. The molecule has 5 heteroatoms. The summed E-state index contributed by atoms with van der Waals surface area (Å²) < 4.78 is 5.32. The van der Waals surface area contributed by atoms with Crippen LogP contribution in [-0.4, -0.2) is 15.1 Å². The Labute approximate surface area is 108 Å². The summed E-state index contributed by atoms with van der Waals surface area (Å²) in [5, 5.41) is 10.2. The lowest BCUT2D eigenvalue weighted by Gasteiger charge is -2.09. The highest BCUT2D eigenvalue weighted by Gasteiger charge is 2.12. The first-order valence-corrected chi connectivity index (χ1v) is 5.86. The number of hydrogen-bond donors (Lipinski definition) is 2. The molecule has 0 aliphatic rings. The molecule has 3 rings (SSSR count). The lowest BCUT2D eigenvalue weighted by Crippen LogP contribution is -2.01. The summed E-state index contributed by atoms with van der Waals surface area (Å²) in [5.74, 6) is 0. The van der Waals surface area contributed by atoms with Gasteiger partial charge < -0.3 is 14.5 Å². The number of aliphatic hydroxyl groups excluding tert-OH is 1. The molecule has 1 atom stereocenters. The van der Waals surface area contributed by atoms with Crippen molar-refractivity contribution in [1.82, 2.24) is 9.97 Å². The molecule has 3 aromatic rings. The second kappa shape index (κ2) is 4.36. The fourth-order valence-corrected chi connectivity index (χ4v) is 2.04. The van der Waals surface area contributed by atoms with Gasteiger partial charge in [-0.3, -0.25) is 4.98 Å². The Kier molecular flexibility index (Phi) is 2.70. The Balaban J connectivity index is 2.06. The van der Waals surface area contributed by atoms with Gasteiger partial charge in [-0.25, -0.2) is 0 Å². The molecule has 4 nitrogen and oxygen atoms in total. The molecule has 0 aliphatic heterocycles. The van der Waals surface area contributed by atoms with Gasteiger partial charge in [0.1, 0.15) is 6.10 Å². The Bertz CT molecular complexity index is 733. The van der Waals surface area contributed by atoms with Gasteiger partial charge in [0.25, 0.3) is 4.84 Å². The number of pyridine rings is 1. The third-order valence-electron chi connectivity index (χ3n) is 2.73. The fraction of sp³-hybridized carbons (Fsp3) is 0.0769. The van der Waals surface area contributed by atoms with Gasteiger partial charge in [-0.2, -0.15) is 0 Å². The van der Waals surface area contributed by atoms with Crippen LogP contribution in [0.25, 0.3) is 11.1 Å². The van der Waals surface area contributed by atoms with E-state index >= 15 is 0 Å². The van der Waals surface area contributed by atoms with Crippen LogP contribution in [-0.2, 0) is 0 Å². The summed E-state index contributed by atoms with van der Waals surface area (Å²) in [5.41, 5.74) is 2.77. The summed E-state index contributed by atoms with van der Waals surface area (Å²) in [6.45, 7) is 0. The van der Waals surface area contributed by atoms with Crippen molar-refractivity contribution < 1.29 is 9.52 Å². The van der Waals surface area contributed by atoms with Crippen LogP contribution in [0.2, 0.25) is 0 Å². The lowest BCUT2D eigenvalue weighted by atomic mass is 10.1. The first kappa shape index (κ1) is 11.1. The number of oxazole rings is 1. The standard InChI is InChI=1S/C13H10N2O2S/c16-12(10-3-1-2-6-14-10)8-4-5-9-11(7-8)17-13(18)15-9/h1-7,12,16H,(H,15,18). The maximum Gasteiger partial charge on any atom is 0.266 e. The molecule has 2 N–H and O–H groups in total. The van der Waals surface area contributed by atoms with Gasteiger partial charge >= 0.3 is 0 Å². The van der Waals surface area contributed by atoms with Gasteiger partial charge in [0, 0.05) is 6.20 Å². The number of rotatable bonds is 2. The molecule has 0 fully saturated rings. The minimum atomic E-state index is -0.769. The van der Waals surface area contributed by atoms with Crippen molar-refractivity contribution in [2.24, 2.45) is 0 Å². The number of aliphatic hydroxyl groups is 1. The zero-order valence-electron chi connectivity index (χ0n) is 9.33. The van der Waals surface area contributed by atoms with Crippen molar-refractivity contribution in [3.05, 3.63) is 58.7 Å². The zero-order valence-corrected chi connectivity index (χ0v) is 10.1. The molecule has 0 spiro atoms. The van der Waals surface area contributed by atoms with E-state index in [0.717, 1.165) is 11.1 Å². The molecule has 0 aliphatic carbocycles. The minimum Gasteiger partial charge on any atom is -0.429 e. The predicted octanol–water partition coefficient (Wildman–Crippen LogP) is 2.97. The summed E-state index contributed by atoms with van der Waals surface area (Å²) >= 11 is 4.92. The number of hydrogen-bond acceptors (Lipinski definition) is 4. The van der Waals surface area contributed by atoms with E-state index in [9.17, 15) is 5.11 Å². The topological polar surface area (TPSA) is 62.0 Å². The van der Waals surface area contributed by atoms with Gasteiger partial charge in [0.15, 0.2) is 5.58 Å².